The van der Waals surface area contributed by atoms with Crippen molar-refractivity contribution in [2.75, 3.05) is 20.8 Å². The van der Waals surface area contributed by atoms with E-state index in [0.717, 1.165) is 18.2 Å². The molecule has 0 unspecified atom stereocenters. The molecule has 0 spiro atoms. The summed E-state index contributed by atoms with van der Waals surface area (Å²) in [4.78, 5) is 24.8. The van der Waals surface area contributed by atoms with Crippen LogP contribution in [0.3, 0.4) is 0 Å². The number of hydrogen-bond acceptors (Lipinski definition) is 7. The van der Waals surface area contributed by atoms with Crippen molar-refractivity contribution in [1.29, 1.82) is 0 Å². The first-order valence-electron chi connectivity index (χ1n) is 8.10. The van der Waals surface area contributed by atoms with Crippen molar-refractivity contribution in [2.24, 2.45) is 0 Å². The van der Waals surface area contributed by atoms with E-state index >= 15 is 0 Å². The van der Waals surface area contributed by atoms with Gasteiger partial charge in [0.05, 0.1) is 19.8 Å². The lowest BCUT2D eigenvalue weighted by atomic mass is 10.1. The van der Waals surface area contributed by atoms with Crippen LogP contribution in [0, 0.1) is 0 Å². The number of benzene rings is 2. The zero-order valence-corrected chi connectivity index (χ0v) is 16.0. The molecule has 29 heavy (non-hydrogen) atoms. The van der Waals surface area contributed by atoms with Crippen molar-refractivity contribution < 1.29 is 41.0 Å². The number of carbonyl (C=O) groups excluding carboxylic acids is 2. The van der Waals surface area contributed by atoms with Crippen LogP contribution in [0.15, 0.2) is 41.3 Å². The number of methoxy groups -OCH3 is 2. The lowest BCUT2D eigenvalue weighted by Gasteiger charge is -2.14. The third-order valence-corrected chi connectivity index (χ3v) is 5.97. The minimum absolute atomic E-state index is 0.0285. The van der Waals surface area contributed by atoms with Crippen molar-refractivity contribution in [3.05, 3.63) is 47.5 Å². The van der Waals surface area contributed by atoms with Crippen LogP contribution in [-0.2, 0) is 10.0 Å². The lowest BCUT2D eigenvalue weighted by molar-refractivity contribution is -0.0498. The first kappa shape index (κ1) is 20.5. The van der Waals surface area contributed by atoms with Gasteiger partial charge in [0.2, 0.25) is 0 Å². The van der Waals surface area contributed by atoms with Crippen molar-refractivity contribution in [2.45, 2.75) is 11.5 Å². The monoisotopic (exact) mass is 427 g/mol. The summed E-state index contributed by atoms with van der Waals surface area (Å²) in [6, 6.07) is 7.07. The number of nitrogens with zero attached hydrogens (tertiary/aromatic N) is 1. The van der Waals surface area contributed by atoms with Crippen LogP contribution in [0.5, 0.6) is 17.2 Å². The van der Waals surface area contributed by atoms with Gasteiger partial charge in [-0.3, -0.25) is 9.59 Å². The Kier molecular flexibility index (Phi) is 5.42. The maximum absolute atomic E-state index is 12.8. The van der Waals surface area contributed by atoms with E-state index in [1.165, 1.54) is 32.4 Å². The fraction of sp³-hybridized carbons (Fsp3) is 0.222. The van der Waals surface area contributed by atoms with Crippen LogP contribution in [0.25, 0.3) is 0 Å². The molecule has 0 saturated heterocycles. The van der Waals surface area contributed by atoms with Gasteiger partial charge in [-0.05, 0) is 30.3 Å². The number of halogens is 2. The Morgan fingerprint density at radius 2 is 1.66 bits per heavy atom. The van der Waals surface area contributed by atoms with Crippen LogP contribution >= 0.6 is 0 Å². The molecule has 2 aromatic rings. The third kappa shape index (κ3) is 3.73. The molecule has 0 bridgehead atoms. The standard InChI is InChI=1S/C18H15F2NO7S/c1-26-14-7-12-16(8-15(14)27-2)29(24,25)21(17(12)23)9-13(22)10-3-5-11(6-4-10)28-18(19)20/h3-8,18H,9H2,1-2H3. The second-order valence-corrected chi connectivity index (χ2v) is 7.68. The molecular weight excluding hydrogens is 412 g/mol. The molecule has 11 heteroatoms. The Morgan fingerprint density at radius 1 is 1.07 bits per heavy atom. The van der Waals surface area contributed by atoms with Crippen LogP contribution < -0.4 is 14.2 Å². The predicted octanol–water partition coefficient (Wildman–Crippen LogP) is 2.33. The average molecular weight is 427 g/mol. The third-order valence-electron chi connectivity index (χ3n) is 4.20. The van der Waals surface area contributed by atoms with Crippen LogP contribution in [0.1, 0.15) is 20.7 Å². The molecule has 1 aliphatic rings. The van der Waals surface area contributed by atoms with Crippen molar-refractivity contribution in [1.82, 2.24) is 4.31 Å². The summed E-state index contributed by atoms with van der Waals surface area (Å²) in [5.74, 6) is -1.46. The molecule has 0 fully saturated rings. The molecule has 8 nitrogen and oxygen atoms in total. The van der Waals surface area contributed by atoms with E-state index in [0.29, 0.717) is 4.31 Å². The topological polar surface area (TPSA) is 99.2 Å². The Morgan fingerprint density at radius 3 is 2.21 bits per heavy atom. The maximum atomic E-state index is 12.8. The Labute approximate surface area is 164 Å². The molecule has 0 atom stereocenters. The Hall–Kier alpha value is -3.21. The largest absolute Gasteiger partial charge is 0.493 e. The fourth-order valence-electron chi connectivity index (χ4n) is 2.80. The summed E-state index contributed by atoms with van der Waals surface area (Å²) in [5, 5.41) is 0. The lowest BCUT2D eigenvalue weighted by Crippen LogP contribution is -2.35. The highest BCUT2D eigenvalue weighted by Crippen LogP contribution is 2.38. The van der Waals surface area contributed by atoms with Crippen LogP contribution in [-0.4, -0.2) is 51.8 Å². The Bertz CT molecular complexity index is 1070. The van der Waals surface area contributed by atoms with E-state index in [9.17, 15) is 26.8 Å². The average Bonchev–Trinajstić information content (AvgIpc) is 2.87. The van der Waals surface area contributed by atoms with E-state index in [2.05, 4.69) is 4.74 Å². The molecule has 0 aromatic heterocycles. The normalized spacial score (nSPS) is 14.7. The summed E-state index contributed by atoms with van der Waals surface area (Å²) < 4.78 is 64.7. The van der Waals surface area contributed by atoms with Gasteiger partial charge in [0.1, 0.15) is 17.2 Å². The van der Waals surface area contributed by atoms with Crippen molar-refractivity contribution in [3.63, 3.8) is 0 Å². The molecule has 1 amide bonds. The highest BCUT2D eigenvalue weighted by Gasteiger charge is 2.43. The summed E-state index contributed by atoms with van der Waals surface area (Å²) in [6.07, 6.45) is 0. The van der Waals surface area contributed by atoms with Gasteiger partial charge < -0.3 is 14.2 Å². The summed E-state index contributed by atoms with van der Waals surface area (Å²) in [6.45, 7) is -3.77. The number of Topliss-reactive ketones (excluding diaryl/α,β-unsaturated/α-hetero) is 1. The number of sulfonamides is 1. The Balaban J connectivity index is 1.88. The SMILES string of the molecule is COc1cc2c(cc1OC)S(=O)(=O)N(CC(=O)c1ccc(OC(F)F)cc1)C2=O. The second kappa shape index (κ2) is 7.66. The number of hydrogen-bond donors (Lipinski definition) is 0. The molecule has 3 rings (SSSR count). The van der Waals surface area contributed by atoms with Crippen LogP contribution in [0.2, 0.25) is 0 Å². The molecule has 1 heterocycles. The number of amides is 1. The van der Waals surface area contributed by atoms with Gasteiger partial charge in [0.25, 0.3) is 15.9 Å². The van der Waals surface area contributed by atoms with Gasteiger partial charge in [-0.2, -0.15) is 8.78 Å². The summed E-state index contributed by atoms with van der Waals surface area (Å²) >= 11 is 0. The smallest absolute Gasteiger partial charge is 0.387 e. The van der Waals surface area contributed by atoms with Gasteiger partial charge in [0.15, 0.2) is 17.3 Å². The molecule has 2 aromatic carbocycles. The number of ketones is 1. The predicted molar refractivity (Wildman–Crippen MR) is 95.2 cm³/mol. The van der Waals surface area contributed by atoms with E-state index in [1.807, 2.05) is 0 Å². The van der Waals surface area contributed by atoms with Gasteiger partial charge in [0, 0.05) is 11.6 Å². The number of fused-ring (bicyclic) bond motifs is 1. The number of carbonyl (C=O) groups is 2. The van der Waals surface area contributed by atoms with E-state index in [4.69, 9.17) is 9.47 Å². The molecule has 0 saturated carbocycles. The van der Waals surface area contributed by atoms with Gasteiger partial charge in [-0.1, -0.05) is 0 Å². The molecule has 0 N–H and O–H groups in total. The zero-order valence-electron chi connectivity index (χ0n) is 15.2. The quantitative estimate of drug-likeness (QED) is 0.626. The van der Waals surface area contributed by atoms with Gasteiger partial charge in [-0.15, -0.1) is 0 Å². The number of alkyl halides is 2. The van der Waals surface area contributed by atoms with E-state index in [-0.39, 0.29) is 33.3 Å². The second-order valence-electron chi connectivity index (χ2n) is 5.85. The molecular formula is C18H15F2NO7S. The maximum Gasteiger partial charge on any atom is 0.387 e. The van der Waals surface area contributed by atoms with Crippen molar-refractivity contribution >= 4 is 21.7 Å². The first-order valence-corrected chi connectivity index (χ1v) is 9.54. The number of rotatable bonds is 7. The summed E-state index contributed by atoms with van der Waals surface area (Å²) in [5.41, 5.74) is -0.114. The zero-order chi connectivity index (χ0) is 21.3. The fourth-order valence-corrected chi connectivity index (χ4v) is 4.33. The highest BCUT2D eigenvalue weighted by atomic mass is 32.2. The first-order chi connectivity index (χ1) is 13.7. The minimum Gasteiger partial charge on any atom is -0.493 e. The van der Waals surface area contributed by atoms with E-state index < -0.39 is 34.9 Å². The van der Waals surface area contributed by atoms with E-state index in [1.54, 1.807) is 0 Å². The molecule has 0 radical (unpaired) electrons. The van der Waals surface area contributed by atoms with Crippen LogP contribution in [0.4, 0.5) is 8.78 Å². The molecule has 1 aliphatic heterocycles. The van der Waals surface area contributed by atoms with Gasteiger partial charge in [-0.25, -0.2) is 12.7 Å². The molecule has 154 valence electrons. The number of ether oxygens (including phenoxy) is 3. The van der Waals surface area contributed by atoms with Gasteiger partial charge >= 0.3 is 6.61 Å². The van der Waals surface area contributed by atoms with Crippen molar-refractivity contribution in [3.8, 4) is 17.2 Å². The minimum atomic E-state index is -4.28. The summed E-state index contributed by atoms with van der Waals surface area (Å²) in [7, 11) is -1.63. The highest BCUT2D eigenvalue weighted by molar-refractivity contribution is 7.90. The molecule has 0 aliphatic carbocycles.